The molecule has 1 aliphatic rings. The van der Waals surface area contributed by atoms with E-state index in [1.807, 2.05) is 77.1 Å². The summed E-state index contributed by atoms with van der Waals surface area (Å²) in [6.45, 7) is 2.97. The Morgan fingerprint density at radius 1 is 1.12 bits per heavy atom. The molecule has 0 saturated carbocycles. The van der Waals surface area contributed by atoms with Gasteiger partial charge in [0.1, 0.15) is 24.3 Å². The number of hydrogen-bond donors (Lipinski definition) is 1. The minimum Gasteiger partial charge on any atom is -0.489 e. The summed E-state index contributed by atoms with van der Waals surface area (Å²) in [6, 6.07) is 23.0. The molecular formula is C27H26ClN3O3. The Balaban J connectivity index is 1.39. The third kappa shape index (κ3) is 4.52. The summed E-state index contributed by atoms with van der Waals surface area (Å²) in [4.78, 5) is 19.6. The fraction of sp³-hybridized carbons (Fsp3) is 0.259. The van der Waals surface area contributed by atoms with Gasteiger partial charge in [0.15, 0.2) is 0 Å². The van der Waals surface area contributed by atoms with Crippen molar-refractivity contribution >= 4 is 34.2 Å². The Hall–Kier alpha value is -3.35. The van der Waals surface area contributed by atoms with Crippen LogP contribution in [0.25, 0.3) is 11.0 Å². The number of anilines is 1. The van der Waals surface area contributed by atoms with E-state index in [0.29, 0.717) is 30.3 Å². The van der Waals surface area contributed by atoms with E-state index in [4.69, 9.17) is 21.3 Å². The van der Waals surface area contributed by atoms with Crippen molar-refractivity contribution in [2.45, 2.75) is 31.9 Å². The molecule has 0 aliphatic carbocycles. The predicted octanol–water partition coefficient (Wildman–Crippen LogP) is 4.96. The van der Waals surface area contributed by atoms with Crippen molar-refractivity contribution in [3.63, 3.8) is 0 Å². The van der Waals surface area contributed by atoms with Crippen molar-refractivity contribution in [2.24, 2.45) is 0 Å². The molecule has 4 aromatic rings. The molecule has 1 saturated heterocycles. The molecule has 0 unspecified atom stereocenters. The smallest absolute Gasteiger partial charge is 0.227 e. The van der Waals surface area contributed by atoms with Crippen LogP contribution in [-0.4, -0.2) is 39.8 Å². The van der Waals surface area contributed by atoms with Crippen molar-refractivity contribution in [3.05, 3.63) is 89.2 Å². The molecular weight excluding hydrogens is 450 g/mol. The maximum atomic E-state index is 12.9. The first-order chi connectivity index (χ1) is 16.5. The summed E-state index contributed by atoms with van der Waals surface area (Å²) in [7, 11) is 0. The number of aromatic nitrogens is 2. The molecule has 0 bridgehead atoms. The third-order valence-electron chi connectivity index (χ3n) is 6.15. The number of nitrogens with zero attached hydrogens (tertiary/aromatic N) is 3. The fourth-order valence-corrected chi connectivity index (χ4v) is 4.73. The first kappa shape index (κ1) is 22.4. The summed E-state index contributed by atoms with van der Waals surface area (Å²) in [5, 5.41) is 11.3. The van der Waals surface area contributed by atoms with E-state index in [-0.39, 0.29) is 18.4 Å². The van der Waals surface area contributed by atoms with Crippen LogP contribution in [0.4, 0.5) is 5.69 Å². The van der Waals surface area contributed by atoms with E-state index in [9.17, 15) is 9.90 Å². The first-order valence-corrected chi connectivity index (χ1v) is 11.7. The molecule has 0 spiro atoms. The van der Waals surface area contributed by atoms with E-state index >= 15 is 0 Å². The number of aliphatic hydroxyl groups excluding tert-OH is 1. The summed E-state index contributed by atoms with van der Waals surface area (Å²) < 4.78 is 7.77. The lowest BCUT2D eigenvalue weighted by Crippen LogP contribution is -2.26. The van der Waals surface area contributed by atoms with Gasteiger partial charge in [-0.2, -0.15) is 0 Å². The third-order valence-corrected chi connectivity index (χ3v) is 6.46. The average molecular weight is 476 g/mol. The Bertz CT molecular complexity index is 1340. The first-order valence-electron chi connectivity index (χ1n) is 11.4. The zero-order chi connectivity index (χ0) is 23.7. The fourth-order valence-electron chi connectivity index (χ4n) is 4.53. The second kappa shape index (κ2) is 9.49. The average Bonchev–Trinajstić information content (AvgIpc) is 3.39. The van der Waals surface area contributed by atoms with Gasteiger partial charge in [0, 0.05) is 24.6 Å². The van der Waals surface area contributed by atoms with E-state index in [1.165, 1.54) is 0 Å². The van der Waals surface area contributed by atoms with Crippen molar-refractivity contribution in [3.8, 4) is 5.75 Å². The molecule has 34 heavy (non-hydrogen) atoms. The van der Waals surface area contributed by atoms with Gasteiger partial charge >= 0.3 is 0 Å². The number of carbonyl (C=O) groups is 1. The molecule has 1 aromatic heterocycles. The predicted molar refractivity (Wildman–Crippen MR) is 134 cm³/mol. The van der Waals surface area contributed by atoms with Crippen LogP contribution in [0.3, 0.4) is 0 Å². The quantitative estimate of drug-likeness (QED) is 0.410. The molecule has 2 heterocycles. The Morgan fingerprint density at radius 3 is 2.74 bits per heavy atom. The van der Waals surface area contributed by atoms with E-state index < -0.39 is 6.10 Å². The number of fused-ring (bicyclic) bond motifs is 1. The lowest BCUT2D eigenvalue weighted by atomic mass is 10.1. The number of hydrogen-bond acceptors (Lipinski definition) is 4. The Labute approximate surface area is 203 Å². The lowest BCUT2D eigenvalue weighted by molar-refractivity contribution is -0.117. The minimum absolute atomic E-state index is 0.0721. The number of aliphatic hydroxyl groups is 1. The second-order valence-corrected chi connectivity index (χ2v) is 9.12. The number of halogens is 1. The highest BCUT2D eigenvalue weighted by molar-refractivity contribution is 6.32. The normalized spacial score (nSPS) is 16.9. The van der Waals surface area contributed by atoms with E-state index in [1.54, 1.807) is 12.1 Å². The van der Waals surface area contributed by atoms with Gasteiger partial charge in [-0.05, 0) is 48.9 Å². The maximum Gasteiger partial charge on any atom is 0.227 e. The second-order valence-electron chi connectivity index (χ2n) is 8.71. The molecule has 5 rings (SSSR count). The molecule has 0 radical (unpaired) electrons. The summed E-state index contributed by atoms with van der Waals surface area (Å²) in [5.74, 6) is 1.35. The van der Waals surface area contributed by atoms with E-state index in [2.05, 4.69) is 0 Å². The molecule has 1 amide bonds. The lowest BCUT2D eigenvalue weighted by Gasteiger charge is -2.19. The zero-order valence-corrected chi connectivity index (χ0v) is 19.7. The Morgan fingerprint density at radius 2 is 1.91 bits per heavy atom. The molecule has 3 aromatic carbocycles. The molecule has 174 valence electrons. The van der Waals surface area contributed by atoms with Crippen LogP contribution in [0.5, 0.6) is 5.75 Å². The number of para-hydroxylation sites is 3. The van der Waals surface area contributed by atoms with Gasteiger partial charge in [0.05, 0.1) is 22.6 Å². The number of aryl methyl sites for hydroxylation is 1. The van der Waals surface area contributed by atoms with Crippen LogP contribution < -0.4 is 9.64 Å². The van der Waals surface area contributed by atoms with Gasteiger partial charge in [-0.3, -0.25) is 4.79 Å². The van der Waals surface area contributed by atoms with Crippen LogP contribution in [0.2, 0.25) is 5.02 Å². The SMILES string of the molecule is Cc1cccc(N2C[C@H](c3nc4ccccc4n3C[C@@H](O)COc3ccccc3Cl)CC2=O)c1. The van der Waals surface area contributed by atoms with Crippen molar-refractivity contribution in [2.75, 3.05) is 18.1 Å². The van der Waals surface area contributed by atoms with Crippen LogP contribution in [0, 0.1) is 6.92 Å². The maximum absolute atomic E-state index is 12.9. The van der Waals surface area contributed by atoms with Gasteiger partial charge in [-0.1, -0.05) is 48.0 Å². The van der Waals surface area contributed by atoms with Crippen LogP contribution in [0.1, 0.15) is 23.7 Å². The number of amides is 1. The highest BCUT2D eigenvalue weighted by Crippen LogP contribution is 2.33. The molecule has 1 aliphatic heterocycles. The monoisotopic (exact) mass is 475 g/mol. The zero-order valence-electron chi connectivity index (χ0n) is 18.9. The largest absolute Gasteiger partial charge is 0.489 e. The number of imidazole rings is 1. The molecule has 7 heteroatoms. The van der Waals surface area contributed by atoms with Crippen LogP contribution in [0.15, 0.2) is 72.8 Å². The summed E-state index contributed by atoms with van der Waals surface area (Å²) in [5.41, 5.74) is 3.79. The highest BCUT2D eigenvalue weighted by Gasteiger charge is 2.35. The van der Waals surface area contributed by atoms with Gasteiger partial charge in [-0.25, -0.2) is 4.98 Å². The van der Waals surface area contributed by atoms with Gasteiger partial charge in [0.25, 0.3) is 0 Å². The van der Waals surface area contributed by atoms with Gasteiger partial charge in [0.2, 0.25) is 5.91 Å². The number of rotatable bonds is 7. The number of benzene rings is 3. The van der Waals surface area contributed by atoms with Crippen molar-refractivity contribution in [1.29, 1.82) is 0 Å². The number of carbonyl (C=O) groups excluding carboxylic acids is 1. The van der Waals surface area contributed by atoms with E-state index in [0.717, 1.165) is 28.1 Å². The molecule has 1 fully saturated rings. The highest BCUT2D eigenvalue weighted by atomic mass is 35.5. The van der Waals surface area contributed by atoms with Crippen molar-refractivity contribution in [1.82, 2.24) is 9.55 Å². The number of ether oxygens (including phenoxy) is 1. The van der Waals surface area contributed by atoms with Crippen LogP contribution >= 0.6 is 11.6 Å². The standard InChI is InChI=1S/C27H26ClN3O3/c1-18-7-6-8-20(13-18)30-15-19(14-26(30)33)27-29-23-10-3-4-11-24(23)31(27)16-21(32)17-34-25-12-5-2-9-22(25)28/h2-13,19,21,32H,14-17H2,1H3/t19-,21-/m1/s1. The molecule has 2 atom stereocenters. The van der Waals surface area contributed by atoms with Crippen molar-refractivity contribution < 1.29 is 14.6 Å². The molecule has 1 N–H and O–H groups in total. The Kier molecular flexibility index (Phi) is 6.26. The van der Waals surface area contributed by atoms with Crippen LogP contribution in [-0.2, 0) is 11.3 Å². The molecule has 6 nitrogen and oxygen atoms in total. The summed E-state index contributed by atoms with van der Waals surface area (Å²) >= 11 is 6.17. The van der Waals surface area contributed by atoms with Gasteiger partial charge in [-0.15, -0.1) is 0 Å². The van der Waals surface area contributed by atoms with Gasteiger partial charge < -0.3 is 19.3 Å². The topological polar surface area (TPSA) is 67.6 Å². The minimum atomic E-state index is -0.780. The summed E-state index contributed by atoms with van der Waals surface area (Å²) in [6.07, 6.45) is -0.402.